The van der Waals surface area contributed by atoms with Gasteiger partial charge in [-0.15, -0.1) is 0 Å². The summed E-state index contributed by atoms with van der Waals surface area (Å²) in [6, 6.07) is 0. The zero-order chi connectivity index (χ0) is 10.9. The molecule has 0 aromatic carbocycles. The first-order chi connectivity index (χ1) is 6.68. The van der Waals surface area contributed by atoms with Crippen LogP contribution in [0.25, 0.3) is 0 Å². The van der Waals surface area contributed by atoms with Crippen LogP contribution in [0.4, 0.5) is 0 Å². The molecular weight excluding hydrogens is 301 g/mol. The Morgan fingerprint density at radius 3 is 1.21 bits per heavy atom. The Morgan fingerprint density at radius 1 is 0.714 bits per heavy atom. The Kier molecular flexibility index (Phi) is 10.1. The number of halogens is 1. The molecule has 0 atom stereocenters. The van der Waals surface area contributed by atoms with E-state index in [1.807, 2.05) is 0 Å². The van der Waals surface area contributed by atoms with Crippen molar-refractivity contribution in [1.29, 1.82) is 0 Å². The number of unbranched alkanes of at least 4 members (excludes halogenated alkanes) is 3. The minimum atomic E-state index is -1.99. The van der Waals surface area contributed by atoms with Crippen molar-refractivity contribution in [3.63, 3.8) is 0 Å². The van der Waals surface area contributed by atoms with Gasteiger partial charge >= 0.3 is 98.9 Å². The zero-order valence-electron chi connectivity index (χ0n) is 10.2. The van der Waals surface area contributed by atoms with E-state index in [9.17, 15) is 0 Å². The van der Waals surface area contributed by atoms with Crippen molar-refractivity contribution < 1.29 is 0 Å². The zero-order valence-corrected chi connectivity index (χ0v) is 13.5. The second kappa shape index (κ2) is 9.34. The van der Waals surface area contributed by atoms with Gasteiger partial charge in [-0.3, -0.25) is 0 Å². The van der Waals surface area contributed by atoms with E-state index in [0.717, 1.165) is 0 Å². The summed E-state index contributed by atoms with van der Waals surface area (Å²) in [6.45, 7) is 6.84. The summed E-state index contributed by atoms with van der Waals surface area (Å²) in [7, 11) is 6.88. The summed E-state index contributed by atoms with van der Waals surface area (Å²) in [4.78, 5) is 0. The van der Waals surface area contributed by atoms with Gasteiger partial charge in [0.1, 0.15) is 0 Å². The van der Waals surface area contributed by atoms with E-state index in [0.29, 0.717) is 0 Å². The summed E-state index contributed by atoms with van der Waals surface area (Å²) >= 11 is -1.99. The third kappa shape index (κ3) is 7.41. The van der Waals surface area contributed by atoms with Crippen LogP contribution >= 0.6 is 8.83 Å². The molecule has 0 N–H and O–H groups in total. The molecule has 0 aliphatic carbocycles. The predicted octanol–water partition coefficient (Wildman–Crippen LogP) is 5.57. The number of hydrogen-bond acceptors (Lipinski definition) is 0. The van der Waals surface area contributed by atoms with Crippen molar-refractivity contribution in [1.82, 2.24) is 0 Å². The van der Waals surface area contributed by atoms with E-state index in [-0.39, 0.29) is 0 Å². The van der Waals surface area contributed by atoms with Gasteiger partial charge in [0.15, 0.2) is 0 Å². The molecule has 0 aromatic rings. The van der Waals surface area contributed by atoms with Gasteiger partial charge in [0, 0.05) is 0 Å². The molecule has 0 saturated carbocycles. The van der Waals surface area contributed by atoms with Crippen molar-refractivity contribution in [3.05, 3.63) is 0 Å². The molecule has 0 unspecified atom stereocenters. The van der Waals surface area contributed by atoms with Gasteiger partial charge in [-0.2, -0.15) is 0 Å². The maximum absolute atomic E-state index is 6.88. The monoisotopic (exact) mass is 327 g/mol. The van der Waals surface area contributed by atoms with Gasteiger partial charge in [0.05, 0.1) is 0 Å². The van der Waals surface area contributed by atoms with Crippen molar-refractivity contribution in [2.75, 3.05) is 0 Å². The van der Waals surface area contributed by atoms with Gasteiger partial charge in [-0.25, -0.2) is 0 Å². The summed E-state index contributed by atoms with van der Waals surface area (Å²) in [5.74, 6) is 0. The topological polar surface area (TPSA) is 0 Å². The molecule has 0 amide bonds. The Balaban J connectivity index is 3.89. The number of rotatable bonds is 9. The second-order valence-electron chi connectivity index (χ2n) is 4.26. The predicted molar refractivity (Wildman–Crippen MR) is 70.8 cm³/mol. The van der Waals surface area contributed by atoms with Crippen molar-refractivity contribution in [2.24, 2.45) is 0 Å². The van der Waals surface area contributed by atoms with E-state index in [2.05, 4.69) is 20.8 Å². The van der Waals surface area contributed by atoms with Gasteiger partial charge < -0.3 is 0 Å². The molecule has 0 aliphatic rings. The second-order valence-corrected chi connectivity index (χ2v) is 18.8. The fourth-order valence-corrected chi connectivity index (χ4v) is 13.5. The summed E-state index contributed by atoms with van der Waals surface area (Å²) in [5, 5.41) is 0. The summed E-state index contributed by atoms with van der Waals surface area (Å²) in [5.41, 5.74) is 0. The normalized spacial score (nSPS) is 12.0. The van der Waals surface area contributed by atoms with Crippen LogP contribution in [0.1, 0.15) is 59.3 Å². The molecule has 0 saturated heterocycles. The first-order valence-electron chi connectivity index (χ1n) is 6.24. The van der Waals surface area contributed by atoms with Crippen LogP contribution in [0.5, 0.6) is 0 Å². The van der Waals surface area contributed by atoms with Crippen LogP contribution in [-0.2, 0) is 0 Å². The number of hydrogen-bond donors (Lipinski definition) is 0. The molecule has 0 nitrogen and oxygen atoms in total. The molecule has 0 spiro atoms. The Bertz CT molecular complexity index is 104. The fourth-order valence-electron chi connectivity index (χ4n) is 1.66. The van der Waals surface area contributed by atoms with Crippen molar-refractivity contribution >= 4 is 26.5 Å². The van der Waals surface area contributed by atoms with E-state index >= 15 is 0 Å². The third-order valence-corrected chi connectivity index (χ3v) is 15.7. The first-order valence-corrected chi connectivity index (χ1v) is 14.9. The third-order valence-electron chi connectivity index (χ3n) is 2.74. The average molecular weight is 329 g/mol. The Hall–Kier alpha value is 1.11. The van der Waals surface area contributed by atoms with Gasteiger partial charge in [0.25, 0.3) is 0 Å². The average Bonchev–Trinajstić information content (AvgIpc) is 2.21. The Morgan fingerprint density at radius 2 is 1.00 bits per heavy atom. The summed E-state index contributed by atoms with van der Waals surface area (Å²) in [6.07, 6.45) is 8.09. The van der Waals surface area contributed by atoms with E-state index < -0.39 is 17.7 Å². The van der Waals surface area contributed by atoms with Crippen molar-refractivity contribution in [2.45, 2.75) is 72.4 Å². The fraction of sp³-hybridized carbons (Fsp3) is 1.00. The van der Waals surface area contributed by atoms with E-state index in [1.165, 1.54) is 51.6 Å². The molecule has 87 valence electrons. The quantitative estimate of drug-likeness (QED) is 0.485. The molecule has 0 aliphatic heterocycles. The molecule has 2 heteroatoms. The van der Waals surface area contributed by atoms with E-state index in [1.54, 1.807) is 0 Å². The molecule has 14 heavy (non-hydrogen) atoms. The Labute approximate surface area is 98.5 Å². The van der Waals surface area contributed by atoms with Crippen LogP contribution in [-0.4, -0.2) is 17.7 Å². The SMILES string of the molecule is CCC[CH2][Sb]([Cl])([CH2]CCC)[CH2]CCC. The van der Waals surface area contributed by atoms with Crippen LogP contribution < -0.4 is 0 Å². The van der Waals surface area contributed by atoms with Gasteiger partial charge in [-0.1, -0.05) is 0 Å². The van der Waals surface area contributed by atoms with Crippen molar-refractivity contribution in [3.8, 4) is 0 Å². The molecule has 0 bridgehead atoms. The molecule has 0 heterocycles. The van der Waals surface area contributed by atoms with Gasteiger partial charge in [-0.05, 0) is 0 Å². The molecular formula is C12H27ClSb. The molecule has 0 aromatic heterocycles. The standard InChI is InChI=1S/3C4H9.ClH.Sb/c3*1-3-4-2;;/h3*1,3-4H2,2H3;1H;/q;;;;+1/p-1. The minimum absolute atomic E-state index is 1.32. The molecule has 0 fully saturated rings. The van der Waals surface area contributed by atoms with Crippen LogP contribution in [0.15, 0.2) is 0 Å². The van der Waals surface area contributed by atoms with Gasteiger partial charge in [0.2, 0.25) is 0 Å². The van der Waals surface area contributed by atoms with Crippen LogP contribution in [0.3, 0.4) is 0 Å². The first kappa shape index (κ1) is 15.1. The summed E-state index contributed by atoms with van der Waals surface area (Å²) < 4.78 is 4.24. The molecule has 0 rings (SSSR count). The maximum atomic E-state index is 6.88. The molecule has 1 radical (unpaired) electrons. The van der Waals surface area contributed by atoms with Crippen LogP contribution in [0.2, 0.25) is 13.1 Å². The van der Waals surface area contributed by atoms with Crippen LogP contribution in [0, 0.1) is 0 Å². The van der Waals surface area contributed by atoms with E-state index in [4.69, 9.17) is 8.83 Å².